The van der Waals surface area contributed by atoms with Crippen LogP contribution in [-0.4, -0.2) is 0 Å². The second kappa shape index (κ2) is 26.7. The average molecular weight is 391 g/mol. The van der Waals surface area contributed by atoms with Crippen molar-refractivity contribution in [1.82, 2.24) is 0 Å². The van der Waals surface area contributed by atoms with E-state index in [1.807, 2.05) is 6.08 Å². The van der Waals surface area contributed by atoms with Crippen molar-refractivity contribution in [3.63, 3.8) is 0 Å². The fourth-order valence-corrected chi connectivity index (χ4v) is 4.09. The van der Waals surface area contributed by atoms with Crippen molar-refractivity contribution in [1.29, 1.82) is 0 Å². The van der Waals surface area contributed by atoms with Crippen molar-refractivity contribution in [3.05, 3.63) is 26.0 Å². The third-order valence-electron chi connectivity index (χ3n) is 6.04. The van der Waals surface area contributed by atoms with Gasteiger partial charge in [0.05, 0.1) is 0 Å². The molecule has 0 N–H and O–H groups in total. The highest BCUT2D eigenvalue weighted by atomic mass is 14.0. The molecule has 0 nitrogen and oxygen atoms in total. The lowest BCUT2D eigenvalue weighted by molar-refractivity contribution is 0.518. The number of hydrogen-bond acceptors (Lipinski definition) is 0. The van der Waals surface area contributed by atoms with E-state index in [1.54, 1.807) is 0 Å². The van der Waals surface area contributed by atoms with Crippen LogP contribution in [0.1, 0.15) is 154 Å². The normalized spacial score (nSPS) is 11.6. The zero-order valence-electron chi connectivity index (χ0n) is 19.5. The van der Waals surface area contributed by atoms with E-state index < -0.39 is 0 Å². The van der Waals surface area contributed by atoms with Gasteiger partial charge in [0, 0.05) is 0 Å². The van der Waals surface area contributed by atoms with Crippen LogP contribution in [0, 0.1) is 13.8 Å². The van der Waals surface area contributed by atoms with E-state index in [1.165, 1.54) is 148 Å². The Hall–Kier alpha value is -0.260. The summed E-state index contributed by atoms with van der Waals surface area (Å²) in [6.45, 7) is 7.64. The van der Waals surface area contributed by atoms with Gasteiger partial charge in [-0.3, -0.25) is 0 Å². The molecule has 0 aliphatic carbocycles. The summed E-state index contributed by atoms with van der Waals surface area (Å²) in [5.41, 5.74) is 0. The van der Waals surface area contributed by atoms with Crippen LogP contribution in [0.4, 0.5) is 0 Å². The number of rotatable bonds is 24. The van der Waals surface area contributed by atoms with E-state index in [0.29, 0.717) is 0 Å². The van der Waals surface area contributed by atoms with E-state index in [0.717, 1.165) is 6.42 Å². The molecule has 0 spiro atoms. The van der Waals surface area contributed by atoms with Crippen LogP contribution in [0.3, 0.4) is 0 Å². The van der Waals surface area contributed by atoms with E-state index >= 15 is 0 Å². The molecule has 0 heteroatoms. The van der Waals surface area contributed by atoms with Crippen LogP contribution >= 0.6 is 0 Å². The first-order chi connectivity index (χ1) is 13.9. The van der Waals surface area contributed by atoms with Crippen molar-refractivity contribution < 1.29 is 0 Å². The Morgan fingerprint density at radius 2 is 0.607 bits per heavy atom. The Labute approximate surface area is 180 Å². The lowest BCUT2D eigenvalue weighted by atomic mass is 10.0. The summed E-state index contributed by atoms with van der Waals surface area (Å²) < 4.78 is 0. The van der Waals surface area contributed by atoms with Gasteiger partial charge in [-0.25, -0.2) is 0 Å². The zero-order valence-corrected chi connectivity index (χ0v) is 19.5. The molecule has 0 aromatic heterocycles. The monoisotopic (exact) mass is 390 g/mol. The molecule has 0 aromatic carbocycles. The molecule has 2 radical (unpaired) electrons. The lowest BCUT2D eigenvalue weighted by Crippen LogP contribution is -1.84. The Balaban J connectivity index is 2.98. The quantitative estimate of drug-likeness (QED) is 0.144. The molecular weight excluding hydrogens is 336 g/mol. The Morgan fingerprint density at radius 1 is 0.357 bits per heavy atom. The molecule has 0 rings (SSSR count). The van der Waals surface area contributed by atoms with Gasteiger partial charge in [0.2, 0.25) is 0 Å². The highest BCUT2D eigenvalue weighted by Crippen LogP contribution is 2.15. The maximum absolute atomic E-state index is 3.91. The first-order valence-corrected chi connectivity index (χ1v) is 13.1. The maximum atomic E-state index is 3.91. The fourth-order valence-electron chi connectivity index (χ4n) is 4.09. The van der Waals surface area contributed by atoms with Crippen molar-refractivity contribution in [2.75, 3.05) is 0 Å². The molecule has 0 bridgehead atoms. The highest BCUT2D eigenvalue weighted by Gasteiger charge is 1.95. The fraction of sp³-hybridized carbons (Fsp3) is 0.857. The van der Waals surface area contributed by atoms with Gasteiger partial charge in [0.25, 0.3) is 0 Å². The molecule has 166 valence electrons. The summed E-state index contributed by atoms with van der Waals surface area (Å²) in [5, 5.41) is 0. The minimum Gasteiger partial charge on any atom is -0.0885 e. The minimum absolute atomic E-state index is 1.12. The minimum atomic E-state index is 1.12. The molecule has 0 amide bonds. The van der Waals surface area contributed by atoms with Gasteiger partial charge in [0.15, 0.2) is 0 Å². The van der Waals surface area contributed by atoms with Gasteiger partial charge in [-0.15, -0.1) is 0 Å². The largest absolute Gasteiger partial charge is 0.0885 e. The van der Waals surface area contributed by atoms with Crippen LogP contribution < -0.4 is 0 Å². The van der Waals surface area contributed by atoms with Crippen LogP contribution in [0.15, 0.2) is 12.2 Å². The highest BCUT2D eigenvalue weighted by molar-refractivity contribution is 4.83. The van der Waals surface area contributed by atoms with Crippen molar-refractivity contribution >= 4 is 0 Å². The van der Waals surface area contributed by atoms with Crippen molar-refractivity contribution in [3.8, 4) is 0 Å². The molecule has 0 heterocycles. The molecule has 0 aliphatic heterocycles. The molecular formula is C28H54. The van der Waals surface area contributed by atoms with Gasteiger partial charge in [-0.1, -0.05) is 160 Å². The molecule has 0 aliphatic rings. The van der Waals surface area contributed by atoms with E-state index in [4.69, 9.17) is 0 Å². The van der Waals surface area contributed by atoms with Gasteiger partial charge in [-0.05, 0) is 19.8 Å². The van der Waals surface area contributed by atoms with Gasteiger partial charge >= 0.3 is 0 Å². The standard InChI is InChI=1S/C28H54/c1-3-5-7-9-11-13-15-17-19-21-23-25-27-28-26-24-22-20-18-16-14-12-10-8-6-4-2/h3,5H,1-2,4,6-28H2/b5-3+. The summed E-state index contributed by atoms with van der Waals surface area (Å²) in [4.78, 5) is 0. The maximum Gasteiger partial charge on any atom is -0.0316 e. The first kappa shape index (κ1) is 27.7. The second-order valence-corrected chi connectivity index (χ2v) is 8.89. The summed E-state index contributed by atoms with van der Waals surface area (Å²) in [7, 11) is 0. The Morgan fingerprint density at radius 3 is 0.857 bits per heavy atom. The SMILES string of the molecule is [CH2]/C=C/CCCCCCCCCCCCCCCCCCCCCCCC[CH2]. The second-order valence-electron chi connectivity index (χ2n) is 8.89. The average Bonchev–Trinajstić information content (AvgIpc) is 2.71. The third-order valence-corrected chi connectivity index (χ3v) is 6.04. The van der Waals surface area contributed by atoms with E-state index in [-0.39, 0.29) is 0 Å². The van der Waals surface area contributed by atoms with E-state index in [2.05, 4.69) is 19.9 Å². The number of allylic oxidation sites excluding steroid dienone is 2. The van der Waals surface area contributed by atoms with Crippen LogP contribution in [0.2, 0.25) is 0 Å². The molecule has 0 unspecified atom stereocenters. The smallest absolute Gasteiger partial charge is 0.0316 e. The van der Waals surface area contributed by atoms with Gasteiger partial charge in [-0.2, -0.15) is 0 Å². The van der Waals surface area contributed by atoms with Gasteiger partial charge < -0.3 is 0 Å². The lowest BCUT2D eigenvalue weighted by Gasteiger charge is -2.04. The summed E-state index contributed by atoms with van der Waals surface area (Å²) >= 11 is 0. The predicted octanol–water partition coefficient (Wildman–Crippen LogP) is 10.6. The van der Waals surface area contributed by atoms with Crippen molar-refractivity contribution in [2.45, 2.75) is 154 Å². The van der Waals surface area contributed by atoms with E-state index in [9.17, 15) is 0 Å². The third kappa shape index (κ3) is 25.7. The molecule has 0 aromatic rings. The Bertz CT molecular complexity index is 278. The van der Waals surface area contributed by atoms with Crippen LogP contribution in [0.25, 0.3) is 0 Å². The molecule has 0 atom stereocenters. The number of hydrogen-bond donors (Lipinski definition) is 0. The summed E-state index contributed by atoms with van der Waals surface area (Å²) in [6, 6.07) is 0. The topological polar surface area (TPSA) is 0 Å². The van der Waals surface area contributed by atoms with Crippen molar-refractivity contribution in [2.24, 2.45) is 0 Å². The summed E-state index contributed by atoms with van der Waals surface area (Å²) in [6.07, 6.45) is 38.4. The molecule has 28 heavy (non-hydrogen) atoms. The first-order valence-electron chi connectivity index (χ1n) is 13.1. The molecule has 0 saturated heterocycles. The van der Waals surface area contributed by atoms with Crippen LogP contribution in [0.5, 0.6) is 0 Å². The van der Waals surface area contributed by atoms with Gasteiger partial charge in [0.1, 0.15) is 0 Å². The number of unbranched alkanes of at least 4 members (excludes halogenated alkanes) is 23. The Kier molecular flexibility index (Phi) is 26.5. The molecule has 0 fully saturated rings. The summed E-state index contributed by atoms with van der Waals surface area (Å²) in [5.74, 6) is 0. The zero-order chi connectivity index (χ0) is 20.4. The predicted molar refractivity (Wildman–Crippen MR) is 131 cm³/mol. The van der Waals surface area contributed by atoms with Crippen LogP contribution in [-0.2, 0) is 0 Å². The molecule has 0 saturated carbocycles.